The van der Waals surface area contributed by atoms with Gasteiger partial charge in [0, 0.05) is 56.8 Å². The van der Waals surface area contributed by atoms with Crippen molar-refractivity contribution in [1.29, 1.82) is 0 Å². The fraction of sp³-hybridized carbons (Fsp3) is 0.609. The van der Waals surface area contributed by atoms with Gasteiger partial charge in [0.25, 0.3) is 0 Å². The van der Waals surface area contributed by atoms with Gasteiger partial charge in [-0.1, -0.05) is 19.9 Å². The first-order valence-electron chi connectivity index (χ1n) is 11.1. The van der Waals surface area contributed by atoms with E-state index in [4.69, 9.17) is 0 Å². The summed E-state index contributed by atoms with van der Waals surface area (Å²) in [6.45, 7) is 8.39. The maximum Gasteiger partial charge on any atom is 0.321 e. The molecule has 0 bridgehead atoms. The van der Waals surface area contributed by atoms with Gasteiger partial charge in [0.15, 0.2) is 0 Å². The molecule has 4 amide bonds. The zero-order chi connectivity index (χ0) is 22.3. The van der Waals surface area contributed by atoms with Crippen LogP contribution in [-0.4, -0.2) is 71.8 Å². The minimum absolute atomic E-state index is 0.0501. The lowest BCUT2D eigenvalue weighted by Crippen LogP contribution is -2.50. The summed E-state index contributed by atoms with van der Waals surface area (Å²) in [5.74, 6) is -0.489. The molecule has 2 atom stereocenters. The summed E-state index contributed by atoms with van der Waals surface area (Å²) < 4.78 is 13.9. The van der Waals surface area contributed by atoms with Crippen LogP contribution in [0.5, 0.6) is 0 Å². The Balaban J connectivity index is 1.53. The number of carbonyl (C=O) groups excluding carboxylic acids is 3. The van der Waals surface area contributed by atoms with Crippen LogP contribution in [0.25, 0.3) is 0 Å². The molecule has 1 aromatic carbocycles. The normalized spacial score (nSPS) is 25.3. The summed E-state index contributed by atoms with van der Waals surface area (Å²) in [6, 6.07) is 4.25. The molecule has 3 fully saturated rings. The summed E-state index contributed by atoms with van der Waals surface area (Å²) in [4.78, 5) is 44.5. The molecule has 168 valence electrons. The SMILES string of the molecule is Cc1ccc(NC(=O)N2C[C@@H]3CN(C(=O)C(C)C)C[C@]3(C(=O)N3CCCC3)C2)cc1F. The highest BCUT2D eigenvalue weighted by molar-refractivity contribution is 5.92. The zero-order valence-corrected chi connectivity index (χ0v) is 18.5. The van der Waals surface area contributed by atoms with Crippen LogP contribution in [0.1, 0.15) is 32.3 Å². The Morgan fingerprint density at radius 1 is 1.06 bits per heavy atom. The van der Waals surface area contributed by atoms with E-state index in [0.29, 0.717) is 30.9 Å². The number of amides is 4. The summed E-state index contributed by atoms with van der Waals surface area (Å²) in [7, 11) is 0. The highest BCUT2D eigenvalue weighted by Gasteiger charge is 2.60. The Bertz CT molecular complexity index is 899. The molecule has 0 aromatic heterocycles. The fourth-order valence-corrected chi connectivity index (χ4v) is 5.16. The second kappa shape index (κ2) is 8.13. The van der Waals surface area contributed by atoms with Crippen LogP contribution in [0, 0.1) is 30.0 Å². The molecule has 0 unspecified atom stereocenters. The number of hydrogen-bond donors (Lipinski definition) is 1. The third-order valence-electron chi connectivity index (χ3n) is 6.94. The van der Waals surface area contributed by atoms with Crippen molar-refractivity contribution < 1.29 is 18.8 Å². The first-order chi connectivity index (χ1) is 14.7. The molecular weight excluding hydrogens is 399 g/mol. The molecule has 0 radical (unpaired) electrons. The lowest BCUT2D eigenvalue weighted by atomic mass is 9.79. The second-order valence-corrected chi connectivity index (χ2v) is 9.50. The minimum Gasteiger partial charge on any atom is -0.342 e. The number of benzene rings is 1. The van der Waals surface area contributed by atoms with Crippen LogP contribution in [-0.2, 0) is 9.59 Å². The highest BCUT2D eigenvalue weighted by atomic mass is 19.1. The Morgan fingerprint density at radius 3 is 2.35 bits per heavy atom. The first kappa shape index (κ1) is 21.6. The number of halogens is 1. The molecule has 31 heavy (non-hydrogen) atoms. The quantitative estimate of drug-likeness (QED) is 0.801. The Kier molecular flexibility index (Phi) is 5.66. The Labute approximate surface area is 182 Å². The Morgan fingerprint density at radius 2 is 1.71 bits per heavy atom. The molecule has 0 aliphatic carbocycles. The van der Waals surface area contributed by atoms with Crippen LogP contribution >= 0.6 is 0 Å². The summed E-state index contributed by atoms with van der Waals surface area (Å²) in [6.07, 6.45) is 1.98. The van der Waals surface area contributed by atoms with Crippen LogP contribution in [0.4, 0.5) is 14.9 Å². The molecule has 0 saturated carbocycles. The molecule has 3 aliphatic heterocycles. The largest absolute Gasteiger partial charge is 0.342 e. The van der Waals surface area contributed by atoms with Gasteiger partial charge in [-0.25, -0.2) is 9.18 Å². The zero-order valence-electron chi connectivity index (χ0n) is 18.5. The molecular formula is C23H31FN4O3. The number of nitrogens with zero attached hydrogens (tertiary/aromatic N) is 3. The van der Waals surface area contributed by atoms with Crippen LogP contribution in [0.15, 0.2) is 18.2 Å². The number of carbonyl (C=O) groups is 3. The molecule has 8 heteroatoms. The molecule has 1 N–H and O–H groups in total. The van der Waals surface area contributed by atoms with E-state index in [9.17, 15) is 18.8 Å². The third-order valence-corrected chi connectivity index (χ3v) is 6.94. The van der Waals surface area contributed by atoms with Gasteiger partial charge >= 0.3 is 6.03 Å². The van der Waals surface area contributed by atoms with E-state index in [1.807, 2.05) is 18.7 Å². The van der Waals surface area contributed by atoms with Crippen molar-refractivity contribution in [3.8, 4) is 0 Å². The lowest BCUT2D eigenvalue weighted by Gasteiger charge is -2.32. The van der Waals surface area contributed by atoms with Gasteiger partial charge in [-0.05, 0) is 37.5 Å². The number of urea groups is 1. The molecule has 3 heterocycles. The second-order valence-electron chi connectivity index (χ2n) is 9.50. The van der Waals surface area contributed by atoms with Crippen molar-refractivity contribution in [2.24, 2.45) is 17.3 Å². The predicted octanol–water partition coefficient (Wildman–Crippen LogP) is 2.70. The van der Waals surface area contributed by atoms with E-state index in [0.717, 1.165) is 25.9 Å². The number of likely N-dealkylation sites (tertiary alicyclic amines) is 3. The lowest BCUT2D eigenvalue weighted by molar-refractivity contribution is -0.141. The number of hydrogen-bond acceptors (Lipinski definition) is 3. The standard InChI is InChI=1S/C23H31FN4O3/c1-15(2)20(29)27-11-17-12-28(22(31)25-18-7-6-16(3)19(24)10-18)14-23(17,13-27)21(30)26-8-4-5-9-26/h6-7,10,15,17H,4-5,8-9,11-14H2,1-3H3,(H,25,31)/t17-,23-/m0/s1. The van der Waals surface area contributed by atoms with Crippen molar-refractivity contribution in [2.45, 2.75) is 33.6 Å². The topological polar surface area (TPSA) is 73.0 Å². The van der Waals surface area contributed by atoms with Gasteiger partial charge < -0.3 is 20.0 Å². The summed E-state index contributed by atoms with van der Waals surface area (Å²) in [5.41, 5.74) is 0.144. The van der Waals surface area contributed by atoms with Gasteiger partial charge in [-0.2, -0.15) is 0 Å². The molecule has 0 spiro atoms. The van der Waals surface area contributed by atoms with Crippen LogP contribution in [0.2, 0.25) is 0 Å². The number of nitrogens with one attached hydrogen (secondary N) is 1. The first-order valence-corrected chi connectivity index (χ1v) is 11.1. The minimum atomic E-state index is -0.759. The van der Waals surface area contributed by atoms with Crippen molar-refractivity contribution in [2.75, 3.05) is 44.6 Å². The molecule has 3 saturated heterocycles. The molecule has 1 aromatic rings. The van der Waals surface area contributed by atoms with E-state index in [1.54, 1.807) is 28.9 Å². The maximum atomic E-state index is 13.9. The van der Waals surface area contributed by atoms with Crippen molar-refractivity contribution in [1.82, 2.24) is 14.7 Å². The van der Waals surface area contributed by atoms with Crippen molar-refractivity contribution in [3.05, 3.63) is 29.6 Å². The van der Waals surface area contributed by atoms with Crippen LogP contribution < -0.4 is 5.32 Å². The average Bonchev–Trinajstić information content (AvgIpc) is 3.44. The average molecular weight is 431 g/mol. The predicted molar refractivity (Wildman–Crippen MR) is 115 cm³/mol. The Hall–Kier alpha value is -2.64. The van der Waals surface area contributed by atoms with Gasteiger partial charge in [0.05, 0.1) is 5.41 Å². The van der Waals surface area contributed by atoms with Crippen molar-refractivity contribution >= 4 is 23.5 Å². The van der Waals surface area contributed by atoms with E-state index in [-0.39, 0.29) is 42.0 Å². The number of fused-ring (bicyclic) bond motifs is 1. The van der Waals surface area contributed by atoms with E-state index in [2.05, 4.69) is 5.32 Å². The number of rotatable bonds is 3. The molecule has 4 rings (SSSR count). The van der Waals surface area contributed by atoms with Gasteiger partial charge in [-0.3, -0.25) is 9.59 Å². The maximum absolute atomic E-state index is 13.9. The summed E-state index contributed by atoms with van der Waals surface area (Å²) >= 11 is 0. The van der Waals surface area contributed by atoms with E-state index < -0.39 is 5.41 Å². The third kappa shape index (κ3) is 3.88. The number of aryl methyl sites for hydroxylation is 1. The monoisotopic (exact) mass is 430 g/mol. The molecule has 3 aliphatic rings. The van der Waals surface area contributed by atoms with Crippen LogP contribution in [0.3, 0.4) is 0 Å². The fourth-order valence-electron chi connectivity index (χ4n) is 5.16. The van der Waals surface area contributed by atoms with E-state index >= 15 is 0 Å². The molecule has 7 nitrogen and oxygen atoms in total. The van der Waals surface area contributed by atoms with E-state index in [1.165, 1.54) is 6.07 Å². The van der Waals surface area contributed by atoms with Crippen molar-refractivity contribution in [3.63, 3.8) is 0 Å². The smallest absolute Gasteiger partial charge is 0.321 e. The summed E-state index contributed by atoms with van der Waals surface area (Å²) in [5, 5.41) is 2.76. The van der Waals surface area contributed by atoms with Gasteiger partial charge in [0.1, 0.15) is 5.82 Å². The van der Waals surface area contributed by atoms with Gasteiger partial charge in [0.2, 0.25) is 11.8 Å². The highest BCUT2D eigenvalue weighted by Crippen LogP contribution is 2.45. The van der Waals surface area contributed by atoms with Gasteiger partial charge in [-0.15, -0.1) is 0 Å². The number of anilines is 1.